The molecular formula is C12H14N2O2S. The van der Waals surface area contributed by atoms with Gasteiger partial charge in [-0.25, -0.2) is 0 Å². The Morgan fingerprint density at radius 1 is 1.53 bits per heavy atom. The molecule has 0 saturated carbocycles. The Morgan fingerprint density at radius 3 is 2.94 bits per heavy atom. The van der Waals surface area contributed by atoms with Gasteiger partial charge in [0.25, 0.3) is 0 Å². The van der Waals surface area contributed by atoms with Crippen LogP contribution in [0.5, 0.6) is 0 Å². The van der Waals surface area contributed by atoms with E-state index in [1.54, 1.807) is 4.90 Å². The number of carbonyl (C=O) groups excluding carboxylic acids is 2. The van der Waals surface area contributed by atoms with E-state index in [1.807, 2.05) is 0 Å². The molecule has 4 nitrogen and oxygen atoms in total. The minimum absolute atomic E-state index is 0.0468. The first-order chi connectivity index (χ1) is 8.11. The van der Waals surface area contributed by atoms with Gasteiger partial charge in [-0.2, -0.15) is 5.26 Å². The molecule has 0 aromatic rings. The predicted octanol–water partition coefficient (Wildman–Crippen LogP) is 1.83. The van der Waals surface area contributed by atoms with Crippen LogP contribution in [-0.2, 0) is 9.59 Å². The van der Waals surface area contributed by atoms with Crippen LogP contribution in [0.1, 0.15) is 32.6 Å². The molecule has 0 aromatic heterocycles. The maximum atomic E-state index is 11.9. The summed E-state index contributed by atoms with van der Waals surface area (Å²) in [4.78, 5) is 24.6. The van der Waals surface area contributed by atoms with Crippen LogP contribution in [0.2, 0.25) is 0 Å². The van der Waals surface area contributed by atoms with Crippen LogP contribution in [0.25, 0.3) is 0 Å². The highest BCUT2D eigenvalue weighted by molar-refractivity contribution is 8.14. The van der Waals surface area contributed by atoms with Crippen molar-refractivity contribution in [2.75, 3.05) is 6.54 Å². The number of hydrogen-bond acceptors (Lipinski definition) is 4. The van der Waals surface area contributed by atoms with Gasteiger partial charge < -0.3 is 4.90 Å². The standard InChI is InChI=1S/C12H14N2O2S/c1-8(15)17-10-5-12(16)14(7-10)11-4-2-3-9(11)6-13/h10H,2-5,7H2,1H3. The summed E-state index contributed by atoms with van der Waals surface area (Å²) in [6, 6.07) is 2.18. The van der Waals surface area contributed by atoms with Crippen LogP contribution < -0.4 is 0 Å². The third kappa shape index (κ3) is 2.52. The van der Waals surface area contributed by atoms with Gasteiger partial charge in [-0.3, -0.25) is 9.59 Å². The summed E-state index contributed by atoms with van der Waals surface area (Å²) in [5.41, 5.74) is 1.64. The third-order valence-corrected chi connectivity index (χ3v) is 4.05. The Morgan fingerprint density at radius 2 is 2.29 bits per heavy atom. The van der Waals surface area contributed by atoms with E-state index in [0.29, 0.717) is 13.0 Å². The lowest BCUT2D eigenvalue weighted by atomic mass is 10.2. The van der Waals surface area contributed by atoms with Gasteiger partial charge in [-0.1, -0.05) is 11.8 Å². The summed E-state index contributed by atoms with van der Waals surface area (Å²) in [6.45, 7) is 2.09. The normalized spacial score (nSPS) is 24.4. The molecule has 0 radical (unpaired) electrons. The molecule has 17 heavy (non-hydrogen) atoms. The molecule has 2 rings (SSSR count). The molecule has 90 valence electrons. The number of nitriles is 1. The lowest BCUT2D eigenvalue weighted by Gasteiger charge is -2.18. The lowest BCUT2D eigenvalue weighted by molar-refractivity contribution is -0.126. The van der Waals surface area contributed by atoms with Crippen molar-refractivity contribution in [2.45, 2.75) is 37.9 Å². The van der Waals surface area contributed by atoms with Crippen LogP contribution in [-0.4, -0.2) is 27.7 Å². The Bertz CT molecular complexity index is 436. The summed E-state index contributed by atoms with van der Waals surface area (Å²) >= 11 is 1.23. The van der Waals surface area contributed by atoms with Gasteiger partial charge in [0.1, 0.15) is 0 Å². The largest absolute Gasteiger partial charge is 0.314 e. The van der Waals surface area contributed by atoms with Gasteiger partial charge in [0.2, 0.25) is 5.91 Å². The molecule has 2 aliphatic rings. The lowest BCUT2D eigenvalue weighted by Crippen LogP contribution is -2.24. The Balaban J connectivity index is 2.11. The molecule has 0 spiro atoms. The molecule has 1 atom stereocenters. The van der Waals surface area contributed by atoms with E-state index < -0.39 is 0 Å². The van der Waals surface area contributed by atoms with Crippen LogP contribution in [0.15, 0.2) is 11.3 Å². The minimum Gasteiger partial charge on any atom is -0.314 e. The quantitative estimate of drug-likeness (QED) is 0.750. The van der Waals surface area contributed by atoms with Gasteiger partial charge in [0.15, 0.2) is 5.12 Å². The van der Waals surface area contributed by atoms with E-state index in [2.05, 4.69) is 6.07 Å². The molecule has 1 amide bonds. The third-order valence-electron chi connectivity index (χ3n) is 3.07. The zero-order chi connectivity index (χ0) is 12.4. The van der Waals surface area contributed by atoms with Gasteiger partial charge in [0.05, 0.1) is 6.07 Å². The van der Waals surface area contributed by atoms with Crippen molar-refractivity contribution < 1.29 is 9.59 Å². The summed E-state index contributed by atoms with van der Waals surface area (Å²) in [5.74, 6) is 0.0494. The first-order valence-electron chi connectivity index (χ1n) is 5.71. The van der Waals surface area contributed by atoms with E-state index in [4.69, 9.17) is 5.26 Å². The van der Waals surface area contributed by atoms with Gasteiger partial charge in [-0.05, 0) is 19.3 Å². The van der Waals surface area contributed by atoms with Crippen LogP contribution in [0.3, 0.4) is 0 Å². The molecule has 1 heterocycles. The Hall–Kier alpha value is -1.28. The SMILES string of the molecule is CC(=O)SC1CC(=O)N(C2=C(C#N)CCC2)C1. The topological polar surface area (TPSA) is 61.2 Å². The number of thioether (sulfide) groups is 1. The molecule has 0 bridgehead atoms. The van der Waals surface area contributed by atoms with Crippen molar-refractivity contribution in [1.29, 1.82) is 5.26 Å². The van der Waals surface area contributed by atoms with E-state index in [1.165, 1.54) is 18.7 Å². The smallest absolute Gasteiger partial charge is 0.227 e. The van der Waals surface area contributed by atoms with E-state index in [0.717, 1.165) is 30.5 Å². The first kappa shape index (κ1) is 12.2. The first-order valence-corrected chi connectivity index (χ1v) is 6.59. The van der Waals surface area contributed by atoms with E-state index in [-0.39, 0.29) is 16.3 Å². The van der Waals surface area contributed by atoms with Gasteiger partial charge in [0, 0.05) is 36.4 Å². The number of nitrogens with zero attached hydrogens (tertiary/aromatic N) is 2. The Labute approximate surface area is 105 Å². The number of allylic oxidation sites excluding steroid dienone is 2. The fraction of sp³-hybridized carbons (Fsp3) is 0.583. The number of carbonyl (C=O) groups is 2. The number of rotatable bonds is 2. The maximum Gasteiger partial charge on any atom is 0.227 e. The van der Waals surface area contributed by atoms with Crippen LogP contribution >= 0.6 is 11.8 Å². The molecule has 1 fully saturated rings. The summed E-state index contributed by atoms with van der Waals surface area (Å²) in [7, 11) is 0. The second-order valence-corrected chi connectivity index (χ2v) is 5.81. The highest BCUT2D eigenvalue weighted by atomic mass is 32.2. The van der Waals surface area contributed by atoms with Crippen molar-refractivity contribution >= 4 is 22.8 Å². The molecule has 1 aliphatic carbocycles. The zero-order valence-electron chi connectivity index (χ0n) is 9.73. The fourth-order valence-electron chi connectivity index (χ4n) is 2.40. The summed E-state index contributed by atoms with van der Waals surface area (Å²) in [5, 5.41) is 9.09. The maximum absolute atomic E-state index is 11.9. The van der Waals surface area contributed by atoms with Crippen molar-refractivity contribution in [3.05, 3.63) is 11.3 Å². The highest BCUT2D eigenvalue weighted by Crippen LogP contribution is 2.34. The fourth-order valence-corrected chi connectivity index (χ4v) is 3.31. The molecule has 5 heteroatoms. The molecule has 0 N–H and O–H groups in total. The van der Waals surface area contributed by atoms with Crippen LogP contribution in [0.4, 0.5) is 0 Å². The van der Waals surface area contributed by atoms with E-state index >= 15 is 0 Å². The number of hydrogen-bond donors (Lipinski definition) is 0. The van der Waals surface area contributed by atoms with Gasteiger partial charge in [-0.15, -0.1) is 0 Å². The highest BCUT2D eigenvalue weighted by Gasteiger charge is 2.35. The molecular weight excluding hydrogens is 236 g/mol. The van der Waals surface area contributed by atoms with Gasteiger partial charge >= 0.3 is 0 Å². The molecule has 1 aliphatic heterocycles. The molecule has 0 aromatic carbocycles. The zero-order valence-corrected chi connectivity index (χ0v) is 10.5. The number of amides is 1. The van der Waals surface area contributed by atoms with Crippen molar-refractivity contribution in [3.8, 4) is 6.07 Å². The Kier molecular flexibility index (Phi) is 3.53. The average Bonchev–Trinajstić information content (AvgIpc) is 2.83. The summed E-state index contributed by atoms with van der Waals surface area (Å²) in [6.07, 6.45) is 2.95. The summed E-state index contributed by atoms with van der Waals surface area (Å²) < 4.78 is 0. The van der Waals surface area contributed by atoms with E-state index in [9.17, 15) is 9.59 Å². The van der Waals surface area contributed by atoms with Crippen molar-refractivity contribution in [3.63, 3.8) is 0 Å². The second-order valence-electron chi connectivity index (χ2n) is 4.33. The second kappa shape index (κ2) is 4.92. The minimum atomic E-state index is 0.0468. The van der Waals surface area contributed by atoms with Crippen molar-refractivity contribution in [1.82, 2.24) is 4.90 Å². The molecule has 1 unspecified atom stereocenters. The average molecular weight is 250 g/mol. The van der Waals surface area contributed by atoms with Crippen LogP contribution in [0, 0.1) is 11.3 Å². The van der Waals surface area contributed by atoms with Crippen molar-refractivity contribution in [2.24, 2.45) is 0 Å². The monoisotopic (exact) mass is 250 g/mol. The number of likely N-dealkylation sites (tertiary alicyclic amines) is 1. The predicted molar refractivity (Wildman–Crippen MR) is 64.9 cm³/mol. The molecule has 1 saturated heterocycles.